The molecule has 3 unspecified atom stereocenters. The number of alkyl halides is 1. The lowest BCUT2D eigenvalue weighted by atomic mass is 9.85. The van der Waals surface area contributed by atoms with Gasteiger partial charge in [-0.2, -0.15) is 0 Å². The summed E-state index contributed by atoms with van der Waals surface area (Å²) >= 11 is 8.00. The number of carbonyl (C=O) groups excluding carboxylic acids is 1. The van der Waals surface area contributed by atoms with Crippen molar-refractivity contribution in [1.82, 2.24) is 4.90 Å². The van der Waals surface area contributed by atoms with Crippen LogP contribution in [0, 0.1) is 5.92 Å². The Labute approximate surface area is 131 Å². The molecule has 0 aromatic rings. The fourth-order valence-electron chi connectivity index (χ4n) is 3.95. The third-order valence-electron chi connectivity index (χ3n) is 5.19. The highest BCUT2D eigenvalue weighted by Crippen LogP contribution is 2.41. The molecule has 1 saturated heterocycles. The van der Waals surface area contributed by atoms with Crippen LogP contribution in [0.1, 0.15) is 51.4 Å². The third-order valence-corrected chi connectivity index (χ3v) is 7.07. The molecule has 3 rings (SSSR count). The molecule has 3 atom stereocenters. The summed E-state index contributed by atoms with van der Waals surface area (Å²) < 4.78 is 0. The highest BCUT2D eigenvalue weighted by Gasteiger charge is 2.42. The van der Waals surface area contributed by atoms with Crippen molar-refractivity contribution in [3.05, 3.63) is 0 Å². The number of hydrogen-bond donors (Lipinski definition) is 1. The van der Waals surface area contributed by atoms with Gasteiger partial charge in [-0.05, 0) is 38.5 Å². The molecule has 0 spiro atoms. The molecule has 3 aliphatic rings. The van der Waals surface area contributed by atoms with E-state index in [0.29, 0.717) is 23.6 Å². The van der Waals surface area contributed by atoms with E-state index in [1.54, 1.807) is 0 Å². The molecular formula is C15H25ClN2OS. The number of ketones is 1. The number of halogens is 1. The van der Waals surface area contributed by atoms with Gasteiger partial charge in [-0.25, -0.2) is 0 Å². The monoisotopic (exact) mass is 316 g/mol. The Morgan fingerprint density at radius 1 is 1.15 bits per heavy atom. The van der Waals surface area contributed by atoms with E-state index in [0.717, 1.165) is 25.7 Å². The molecular weight excluding hydrogens is 292 g/mol. The van der Waals surface area contributed by atoms with Gasteiger partial charge in [0.1, 0.15) is 11.3 Å². The Hall–Kier alpha value is 0.230. The zero-order valence-electron chi connectivity index (χ0n) is 12.0. The van der Waals surface area contributed by atoms with Crippen LogP contribution in [-0.4, -0.2) is 39.4 Å². The number of hydrogen-bond acceptors (Lipinski definition) is 4. The quantitative estimate of drug-likeness (QED) is 0.813. The van der Waals surface area contributed by atoms with Crippen LogP contribution in [0.25, 0.3) is 0 Å². The van der Waals surface area contributed by atoms with Crippen molar-refractivity contribution >= 4 is 29.1 Å². The summed E-state index contributed by atoms with van der Waals surface area (Å²) in [5.41, 5.74) is 6.28. The van der Waals surface area contributed by atoms with Gasteiger partial charge >= 0.3 is 0 Å². The second-order valence-electron chi connectivity index (χ2n) is 6.50. The minimum Gasteiger partial charge on any atom is -0.307 e. The van der Waals surface area contributed by atoms with Gasteiger partial charge in [0.2, 0.25) is 0 Å². The van der Waals surface area contributed by atoms with Gasteiger partial charge in [-0.1, -0.05) is 12.8 Å². The van der Waals surface area contributed by atoms with E-state index < -0.39 is 0 Å². The van der Waals surface area contributed by atoms with Crippen molar-refractivity contribution in [3.63, 3.8) is 0 Å². The van der Waals surface area contributed by atoms with Crippen LogP contribution >= 0.6 is 23.4 Å². The van der Waals surface area contributed by atoms with Crippen LogP contribution < -0.4 is 5.73 Å². The molecule has 0 aromatic heterocycles. The van der Waals surface area contributed by atoms with Crippen molar-refractivity contribution in [2.45, 2.75) is 73.5 Å². The van der Waals surface area contributed by atoms with E-state index in [1.807, 2.05) is 11.8 Å². The maximum atomic E-state index is 12.5. The van der Waals surface area contributed by atoms with Gasteiger partial charge in [0.15, 0.2) is 0 Å². The van der Waals surface area contributed by atoms with E-state index in [-0.39, 0.29) is 16.8 Å². The predicted octanol–water partition coefficient (Wildman–Crippen LogP) is 2.96. The molecule has 3 fully saturated rings. The summed E-state index contributed by atoms with van der Waals surface area (Å²) in [7, 11) is 0. The predicted molar refractivity (Wildman–Crippen MR) is 84.9 cm³/mol. The molecule has 1 aliphatic heterocycles. The second-order valence-corrected chi connectivity index (χ2v) is 8.48. The first-order chi connectivity index (χ1) is 9.65. The molecule has 2 aliphatic carbocycles. The maximum absolute atomic E-state index is 12.5. The zero-order valence-corrected chi connectivity index (χ0v) is 13.5. The van der Waals surface area contributed by atoms with Gasteiger partial charge in [-0.3, -0.25) is 9.69 Å². The topological polar surface area (TPSA) is 46.3 Å². The van der Waals surface area contributed by atoms with Gasteiger partial charge in [0.05, 0.1) is 6.54 Å². The Kier molecular flexibility index (Phi) is 4.96. The van der Waals surface area contributed by atoms with Crippen molar-refractivity contribution in [2.75, 3.05) is 6.54 Å². The number of rotatable bonds is 3. The molecule has 1 heterocycles. The summed E-state index contributed by atoms with van der Waals surface area (Å²) in [5.74, 6) is 0.626. The largest absolute Gasteiger partial charge is 0.307 e. The molecule has 0 radical (unpaired) electrons. The van der Waals surface area contributed by atoms with Crippen molar-refractivity contribution < 1.29 is 4.79 Å². The van der Waals surface area contributed by atoms with Gasteiger partial charge in [-0.15, -0.1) is 23.4 Å². The number of fused-ring (bicyclic) bond motifs is 1. The lowest BCUT2D eigenvalue weighted by molar-refractivity contribution is -0.125. The van der Waals surface area contributed by atoms with Crippen LogP contribution in [-0.2, 0) is 4.79 Å². The van der Waals surface area contributed by atoms with Crippen molar-refractivity contribution in [1.29, 1.82) is 0 Å². The average molecular weight is 317 g/mol. The summed E-state index contributed by atoms with van der Waals surface area (Å²) in [6.45, 7) is 0.562. The van der Waals surface area contributed by atoms with E-state index in [1.165, 1.54) is 25.7 Å². The molecule has 2 N–H and O–H groups in total. The molecule has 3 nitrogen and oxygen atoms in total. The highest BCUT2D eigenvalue weighted by molar-refractivity contribution is 8.00. The summed E-state index contributed by atoms with van der Waals surface area (Å²) in [5, 5.41) is 0.941. The Morgan fingerprint density at radius 2 is 1.85 bits per heavy atom. The summed E-state index contributed by atoms with van der Waals surface area (Å²) in [6, 6.07) is 0.539. The van der Waals surface area contributed by atoms with Gasteiger partial charge in [0.25, 0.3) is 0 Å². The van der Waals surface area contributed by atoms with Crippen LogP contribution in [0.15, 0.2) is 0 Å². The molecule has 20 heavy (non-hydrogen) atoms. The lowest BCUT2D eigenvalue weighted by Crippen LogP contribution is -2.47. The Balaban J connectivity index is 1.57. The number of nitrogens with zero attached hydrogens (tertiary/aromatic N) is 1. The van der Waals surface area contributed by atoms with Crippen LogP contribution in [0.2, 0.25) is 0 Å². The molecule has 114 valence electrons. The lowest BCUT2D eigenvalue weighted by Gasteiger charge is -2.33. The Bertz CT molecular complexity index is 360. The Morgan fingerprint density at radius 3 is 2.60 bits per heavy atom. The minimum atomic E-state index is 0.0245. The van der Waals surface area contributed by atoms with E-state index in [4.69, 9.17) is 17.3 Å². The number of carbonyl (C=O) groups is 1. The van der Waals surface area contributed by atoms with Crippen molar-refractivity contribution in [3.8, 4) is 0 Å². The fourth-order valence-corrected chi connectivity index (χ4v) is 5.73. The standard InChI is InChI=1S/C15H25ClN2OS/c16-11-7-5-10(6-8-11)13(19)9-18-12-3-1-2-4-14(12)20-15(18)17/h10-12,14-15H,1-9,17H2. The van der Waals surface area contributed by atoms with Crippen molar-refractivity contribution in [2.24, 2.45) is 11.7 Å². The smallest absolute Gasteiger partial charge is 0.150 e. The molecule has 0 amide bonds. The summed E-state index contributed by atoms with van der Waals surface area (Å²) in [6.07, 6.45) is 9.02. The number of Topliss-reactive ketones (excluding diaryl/α,β-unsaturated/α-hetero) is 1. The van der Waals surface area contributed by atoms with Gasteiger partial charge < -0.3 is 5.73 Å². The van der Waals surface area contributed by atoms with Crippen LogP contribution in [0.5, 0.6) is 0 Å². The highest BCUT2D eigenvalue weighted by atomic mass is 35.5. The van der Waals surface area contributed by atoms with E-state index >= 15 is 0 Å². The molecule has 2 saturated carbocycles. The van der Waals surface area contributed by atoms with E-state index in [2.05, 4.69) is 4.90 Å². The first-order valence-corrected chi connectivity index (χ1v) is 9.36. The number of thioether (sulfide) groups is 1. The zero-order chi connectivity index (χ0) is 14.1. The summed E-state index contributed by atoms with van der Waals surface area (Å²) in [4.78, 5) is 14.8. The second kappa shape index (κ2) is 6.55. The van der Waals surface area contributed by atoms with Crippen LogP contribution in [0.3, 0.4) is 0 Å². The normalized spacial score (nSPS) is 42.4. The SMILES string of the molecule is NC1SC2CCCCC2N1CC(=O)C1CCC(Cl)CC1. The first-order valence-electron chi connectivity index (χ1n) is 7.98. The van der Waals surface area contributed by atoms with Gasteiger partial charge in [0, 0.05) is 22.6 Å². The maximum Gasteiger partial charge on any atom is 0.150 e. The third kappa shape index (κ3) is 3.18. The van der Waals surface area contributed by atoms with Crippen LogP contribution in [0.4, 0.5) is 0 Å². The fraction of sp³-hybridized carbons (Fsp3) is 0.933. The number of nitrogens with two attached hydrogens (primary N) is 1. The molecule has 0 bridgehead atoms. The average Bonchev–Trinajstić information content (AvgIpc) is 2.76. The molecule has 0 aromatic carbocycles. The minimum absolute atomic E-state index is 0.0245. The first kappa shape index (κ1) is 15.1. The molecule has 5 heteroatoms. The van der Waals surface area contributed by atoms with E-state index in [9.17, 15) is 4.79 Å².